The Kier molecular flexibility index (Phi) is 5.31. The van der Waals surface area contributed by atoms with Gasteiger partial charge in [-0.25, -0.2) is 0 Å². The highest BCUT2D eigenvalue weighted by atomic mass is 16.2. The number of anilines is 1. The predicted molar refractivity (Wildman–Crippen MR) is 108 cm³/mol. The van der Waals surface area contributed by atoms with E-state index in [2.05, 4.69) is 22.2 Å². The molecule has 0 atom stereocenters. The zero-order valence-electron chi connectivity index (χ0n) is 15.4. The molecule has 1 heterocycles. The van der Waals surface area contributed by atoms with Crippen LogP contribution in [0, 0.1) is 13.8 Å². The lowest BCUT2D eigenvalue weighted by Crippen LogP contribution is -2.25. The van der Waals surface area contributed by atoms with E-state index in [9.17, 15) is 9.59 Å². The molecule has 0 aliphatic carbocycles. The van der Waals surface area contributed by atoms with E-state index in [1.807, 2.05) is 31.2 Å². The van der Waals surface area contributed by atoms with Crippen molar-refractivity contribution in [3.63, 3.8) is 0 Å². The molecule has 2 N–H and O–H groups in total. The third kappa shape index (κ3) is 4.03. The van der Waals surface area contributed by atoms with E-state index in [1.54, 1.807) is 37.3 Å². The van der Waals surface area contributed by atoms with Gasteiger partial charge in [-0.05, 0) is 44.2 Å². The molecule has 1 aromatic heterocycles. The van der Waals surface area contributed by atoms with Crippen LogP contribution in [0.3, 0.4) is 0 Å². The van der Waals surface area contributed by atoms with E-state index >= 15 is 0 Å². The molecule has 0 unspecified atom stereocenters. The van der Waals surface area contributed by atoms with E-state index in [1.165, 1.54) is 0 Å². The first-order chi connectivity index (χ1) is 13.0. The minimum absolute atomic E-state index is 0.269. The number of carbonyl (C=O) groups is 2. The first kappa shape index (κ1) is 18.3. The lowest BCUT2D eigenvalue weighted by molar-refractivity contribution is 0.0959. The molecule has 0 bridgehead atoms. The summed E-state index contributed by atoms with van der Waals surface area (Å²) in [6.45, 7) is 7.74. The van der Waals surface area contributed by atoms with Crippen molar-refractivity contribution in [3.05, 3.63) is 83.6 Å². The number of benzene rings is 2. The highest BCUT2D eigenvalue weighted by Crippen LogP contribution is 2.21. The molecule has 0 fully saturated rings. The third-order valence-corrected chi connectivity index (χ3v) is 4.23. The minimum Gasteiger partial charge on any atom is -0.349 e. The summed E-state index contributed by atoms with van der Waals surface area (Å²) in [5.41, 5.74) is 3.91. The Morgan fingerprint density at radius 2 is 1.81 bits per heavy atom. The molecule has 0 radical (unpaired) electrons. The fourth-order valence-corrected chi connectivity index (χ4v) is 2.86. The molecular weight excluding hydrogens is 338 g/mol. The van der Waals surface area contributed by atoms with Gasteiger partial charge >= 0.3 is 0 Å². The summed E-state index contributed by atoms with van der Waals surface area (Å²) in [5.74, 6) is -0.567. The molecule has 5 heteroatoms. The number of carbonyl (C=O) groups excluding carboxylic acids is 2. The number of amides is 2. The van der Waals surface area contributed by atoms with Gasteiger partial charge in [-0.15, -0.1) is 6.58 Å². The third-order valence-electron chi connectivity index (χ3n) is 4.23. The summed E-state index contributed by atoms with van der Waals surface area (Å²) in [7, 11) is 0. The average molecular weight is 359 g/mol. The summed E-state index contributed by atoms with van der Waals surface area (Å²) in [6, 6.07) is 14.7. The van der Waals surface area contributed by atoms with E-state index in [-0.39, 0.29) is 11.8 Å². The lowest BCUT2D eigenvalue weighted by atomic mass is 10.1. The van der Waals surface area contributed by atoms with Crippen LogP contribution in [0.4, 0.5) is 5.69 Å². The van der Waals surface area contributed by atoms with E-state index in [0.717, 1.165) is 16.5 Å². The monoisotopic (exact) mass is 359 g/mol. The Bertz CT molecular complexity index is 1040. The summed E-state index contributed by atoms with van der Waals surface area (Å²) >= 11 is 0. The zero-order valence-corrected chi connectivity index (χ0v) is 15.4. The number of para-hydroxylation sites is 1. The zero-order chi connectivity index (χ0) is 19.4. The summed E-state index contributed by atoms with van der Waals surface area (Å²) in [5, 5.41) is 6.47. The molecule has 0 spiro atoms. The Balaban J connectivity index is 1.92. The van der Waals surface area contributed by atoms with Crippen molar-refractivity contribution in [2.24, 2.45) is 0 Å². The van der Waals surface area contributed by atoms with Gasteiger partial charge in [0.15, 0.2) is 0 Å². The van der Waals surface area contributed by atoms with Crippen molar-refractivity contribution >= 4 is 28.4 Å². The van der Waals surface area contributed by atoms with Crippen LogP contribution in [0.25, 0.3) is 10.9 Å². The molecule has 0 aliphatic rings. The van der Waals surface area contributed by atoms with Crippen LogP contribution in [0.15, 0.2) is 61.2 Å². The van der Waals surface area contributed by atoms with Crippen LogP contribution in [-0.4, -0.2) is 23.3 Å². The Hall–Kier alpha value is -3.47. The molecule has 27 heavy (non-hydrogen) atoms. The van der Waals surface area contributed by atoms with E-state index < -0.39 is 0 Å². The van der Waals surface area contributed by atoms with Crippen molar-refractivity contribution in [2.75, 3.05) is 11.9 Å². The standard InChI is InChI=1S/C22H21N3O2/c1-4-11-23-21(26)17-7-5-6-8-20(17)25-22(27)18-13-16-12-14(2)9-10-19(16)24-15(18)3/h4-10,12-13H,1,11H2,2-3H3,(H,23,26)(H,25,27). The van der Waals surface area contributed by atoms with Crippen LogP contribution in [0.2, 0.25) is 0 Å². The van der Waals surface area contributed by atoms with Gasteiger partial charge in [0, 0.05) is 11.9 Å². The fraction of sp³-hybridized carbons (Fsp3) is 0.136. The molecule has 136 valence electrons. The molecule has 0 saturated carbocycles. The summed E-state index contributed by atoms with van der Waals surface area (Å²) in [6.07, 6.45) is 1.60. The van der Waals surface area contributed by atoms with Crippen molar-refractivity contribution in [1.82, 2.24) is 10.3 Å². The van der Waals surface area contributed by atoms with Gasteiger partial charge in [-0.3, -0.25) is 14.6 Å². The first-order valence-corrected chi connectivity index (χ1v) is 8.67. The number of aromatic nitrogens is 1. The second kappa shape index (κ2) is 7.83. The second-order valence-corrected chi connectivity index (χ2v) is 6.32. The predicted octanol–water partition coefficient (Wildman–Crippen LogP) is 4.02. The molecule has 2 amide bonds. The summed E-state index contributed by atoms with van der Waals surface area (Å²) < 4.78 is 0. The topological polar surface area (TPSA) is 71.1 Å². The number of hydrogen-bond donors (Lipinski definition) is 2. The average Bonchev–Trinajstić information content (AvgIpc) is 2.66. The highest BCUT2D eigenvalue weighted by Gasteiger charge is 2.16. The van der Waals surface area contributed by atoms with Gasteiger partial charge in [0.1, 0.15) is 0 Å². The van der Waals surface area contributed by atoms with Gasteiger partial charge in [0.2, 0.25) is 0 Å². The first-order valence-electron chi connectivity index (χ1n) is 8.67. The van der Waals surface area contributed by atoms with Gasteiger partial charge in [-0.2, -0.15) is 0 Å². The largest absolute Gasteiger partial charge is 0.349 e. The van der Waals surface area contributed by atoms with Crippen LogP contribution in [0.5, 0.6) is 0 Å². The molecule has 0 aliphatic heterocycles. The molecule has 3 rings (SSSR count). The number of aryl methyl sites for hydroxylation is 2. The quantitative estimate of drug-likeness (QED) is 0.676. The molecular formula is C22H21N3O2. The number of hydrogen-bond acceptors (Lipinski definition) is 3. The summed E-state index contributed by atoms with van der Waals surface area (Å²) in [4.78, 5) is 29.7. The second-order valence-electron chi connectivity index (χ2n) is 6.32. The van der Waals surface area contributed by atoms with E-state index in [4.69, 9.17) is 0 Å². The Labute approximate surface area is 158 Å². The molecule has 0 saturated heterocycles. The maximum absolute atomic E-state index is 12.9. The SMILES string of the molecule is C=CCNC(=O)c1ccccc1NC(=O)c1cc2cc(C)ccc2nc1C. The van der Waals surface area contributed by atoms with Crippen LogP contribution in [0.1, 0.15) is 32.0 Å². The maximum Gasteiger partial charge on any atom is 0.257 e. The molecule has 3 aromatic rings. The van der Waals surface area contributed by atoms with Gasteiger partial charge in [-0.1, -0.05) is 29.8 Å². The van der Waals surface area contributed by atoms with Gasteiger partial charge in [0.05, 0.1) is 28.0 Å². The minimum atomic E-state index is -0.299. The Morgan fingerprint density at radius 1 is 1.04 bits per heavy atom. The normalized spacial score (nSPS) is 10.4. The number of nitrogens with one attached hydrogen (secondary N) is 2. The van der Waals surface area contributed by atoms with Gasteiger partial charge < -0.3 is 10.6 Å². The van der Waals surface area contributed by atoms with Crippen LogP contribution in [-0.2, 0) is 0 Å². The smallest absolute Gasteiger partial charge is 0.257 e. The molecule has 5 nitrogen and oxygen atoms in total. The number of fused-ring (bicyclic) bond motifs is 1. The van der Waals surface area contributed by atoms with Crippen molar-refractivity contribution < 1.29 is 9.59 Å². The van der Waals surface area contributed by atoms with E-state index in [0.29, 0.717) is 29.1 Å². The van der Waals surface area contributed by atoms with Crippen molar-refractivity contribution in [2.45, 2.75) is 13.8 Å². The lowest BCUT2D eigenvalue weighted by Gasteiger charge is -2.12. The highest BCUT2D eigenvalue weighted by molar-refractivity contribution is 6.10. The van der Waals surface area contributed by atoms with Crippen LogP contribution < -0.4 is 10.6 Å². The maximum atomic E-state index is 12.9. The van der Waals surface area contributed by atoms with Crippen LogP contribution >= 0.6 is 0 Å². The molecule has 2 aromatic carbocycles. The number of nitrogens with zero attached hydrogens (tertiary/aromatic N) is 1. The fourth-order valence-electron chi connectivity index (χ4n) is 2.86. The van der Waals surface area contributed by atoms with Crippen molar-refractivity contribution in [3.8, 4) is 0 Å². The number of pyridine rings is 1. The number of rotatable bonds is 5. The Morgan fingerprint density at radius 3 is 2.59 bits per heavy atom. The van der Waals surface area contributed by atoms with Crippen molar-refractivity contribution in [1.29, 1.82) is 0 Å². The van der Waals surface area contributed by atoms with Gasteiger partial charge in [0.25, 0.3) is 11.8 Å².